The summed E-state index contributed by atoms with van der Waals surface area (Å²) in [6.45, 7) is 1.63. The molecule has 0 unspecified atom stereocenters. The number of nitrogens with two attached hydrogens (primary N) is 1. The lowest BCUT2D eigenvalue weighted by Gasteiger charge is -2.28. The second kappa shape index (κ2) is 6.93. The smallest absolute Gasteiger partial charge is 0.123 e. The van der Waals surface area contributed by atoms with Gasteiger partial charge in [0.1, 0.15) is 10.7 Å². The zero-order valence-corrected chi connectivity index (χ0v) is 11.9. The van der Waals surface area contributed by atoms with Crippen molar-refractivity contribution in [3.8, 4) is 0 Å². The van der Waals surface area contributed by atoms with Crippen LogP contribution in [0.2, 0.25) is 0 Å². The summed E-state index contributed by atoms with van der Waals surface area (Å²) in [5.74, 6) is 0. The standard InChI is InChI=1S/C14H21N3OS/c15-14(19)13-11(4-3-7-16-13)10-17(8-9-18)12-5-1-2-6-12/h3-4,7,12,18H,1-2,5-6,8-10H2,(H2,15,19). The number of aliphatic hydroxyl groups excluding tert-OH is 1. The number of hydrogen-bond acceptors (Lipinski definition) is 4. The fourth-order valence-electron chi connectivity index (χ4n) is 2.80. The van der Waals surface area contributed by atoms with Gasteiger partial charge in [-0.2, -0.15) is 0 Å². The molecule has 0 radical (unpaired) electrons. The van der Waals surface area contributed by atoms with Crippen LogP contribution < -0.4 is 5.73 Å². The molecule has 3 N–H and O–H groups in total. The molecule has 1 heterocycles. The third-order valence-electron chi connectivity index (χ3n) is 3.73. The van der Waals surface area contributed by atoms with E-state index in [1.165, 1.54) is 25.7 Å². The Balaban J connectivity index is 2.14. The van der Waals surface area contributed by atoms with Crippen molar-refractivity contribution < 1.29 is 5.11 Å². The van der Waals surface area contributed by atoms with Gasteiger partial charge in [0, 0.05) is 25.3 Å². The van der Waals surface area contributed by atoms with Crippen LogP contribution in [-0.2, 0) is 6.54 Å². The van der Waals surface area contributed by atoms with Crippen molar-refractivity contribution in [2.45, 2.75) is 38.3 Å². The highest BCUT2D eigenvalue weighted by atomic mass is 32.1. The van der Waals surface area contributed by atoms with Gasteiger partial charge in [-0.25, -0.2) is 0 Å². The van der Waals surface area contributed by atoms with Gasteiger partial charge in [0.15, 0.2) is 0 Å². The lowest BCUT2D eigenvalue weighted by molar-refractivity contribution is 0.144. The van der Waals surface area contributed by atoms with Gasteiger partial charge in [-0.1, -0.05) is 31.1 Å². The molecule has 1 fully saturated rings. The minimum absolute atomic E-state index is 0.180. The first kappa shape index (κ1) is 14.4. The molecule has 0 amide bonds. The monoisotopic (exact) mass is 279 g/mol. The van der Waals surface area contributed by atoms with Crippen molar-refractivity contribution in [1.29, 1.82) is 0 Å². The summed E-state index contributed by atoms with van der Waals surface area (Å²) in [6, 6.07) is 4.48. The summed E-state index contributed by atoms with van der Waals surface area (Å²) in [5, 5.41) is 9.25. The van der Waals surface area contributed by atoms with E-state index in [2.05, 4.69) is 9.88 Å². The molecule has 104 valence electrons. The Morgan fingerprint density at radius 1 is 1.47 bits per heavy atom. The molecule has 0 spiro atoms. The van der Waals surface area contributed by atoms with Gasteiger partial charge in [-0.15, -0.1) is 0 Å². The number of pyridine rings is 1. The van der Waals surface area contributed by atoms with Crippen LogP contribution in [0.5, 0.6) is 0 Å². The van der Waals surface area contributed by atoms with Gasteiger partial charge < -0.3 is 10.8 Å². The minimum atomic E-state index is 0.180. The van der Waals surface area contributed by atoms with Crippen LogP contribution in [-0.4, -0.2) is 39.2 Å². The maximum Gasteiger partial charge on any atom is 0.123 e. The van der Waals surface area contributed by atoms with Crippen LogP contribution in [0.3, 0.4) is 0 Å². The molecule has 1 aliphatic rings. The van der Waals surface area contributed by atoms with Crippen LogP contribution in [0.25, 0.3) is 0 Å². The van der Waals surface area contributed by atoms with E-state index < -0.39 is 0 Å². The molecule has 0 saturated heterocycles. The quantitative estimate of drug-likeness (QED) is 0.772. The molecule has 0 aromatic carbocycles. The van der Waals surface area contributed by atoms with Crippen molar-refractivity contribution in [2.24, 2.45) is 5.73 Å². The highest BCUT2D eigenvalue weighted by Crippen LogP contribution is 2.25. The largest absolute Gasteiger partial charge is 0.395 e. The third kappa shape index (κ3) is 3.72. The first-order chi connectivity index (χ1) is 9.22. The zero-order chi connectivity index (χ0) is 13.7. The van der Waals surface area contributed by atoms with E-state index >= 15 is 0 Å². The van der Waals surface area contributed by atoms with Crippen molar-refractivity contribution in [2.75, 3.05) is 13.2 Å². The first-order valence-corrected chi connectivity index (χ1v) is 7.22. The summed E-state index contributed by atoms with van der Waals surface area (Å²) in [5.41, 5.74) is 7.48. The van der Waals surface area contributed by atoms with E-state index in [4.69, 9.17) is 18.0 Å². The summed E-state index contributed by atoms with van der Waals surface area (Å²) in [6.07, 6.45) is 6.69. The highest BCUT2D eigenvalue weighted by Gasteiger charge is 2.23. The SMILES string of the molecule is NC(=S)c1ncccc1CN(CCO)C1CCCC1. The topological polar surface area (TPSA) is 62.4 Å². The molecule has 19 heavy (non-hydrogen) atoms. The van der Waals surface area contributed by atoms with Crippen molar-refractivity contribution in [3.63, 3.8) is 0 Å². The van der Waals surface area contributed by atoms with Crippen LogP contribution in [0, 0.1) is 0 Å². The Hall–Kier alpha value is -1.04. The summed E-state index contributed by atoms with van der Waals surface area (Å²) >= 11 is 5.05. The van der Waals surface area contributed by atoms with Crippen LogP contribution >= 0.6 is 12.2 Å². The lowest BCUT2D eigenvalue weighted by Crippen LogP contribution is -2.35. The number of aromatic nitrogens is 1. The molecule has 0 aliphatic heterocycles. The third-order valence-corrected chi connectivity index (χ3v) is 3.92. The Kier molecular flexibility index (Phi) is 5.24. The van der Waals surface area contributed by atoms with Crippen LogP contribution in [0.1, 0.15) is 36.9 Å². The lowest BCUT2D eigenvalue weighted by atomic mass is 10.1. The minimum Gasteiger partial charge on any atom is -0.395 e. The van der Waals surface area contributed by atoms with Crippen molar-refractivity contribution in [1.82, 2.24) is 9.88 Å². The Bertz CT molecular complexity index is 432. The summed E-state index contributed by atoms with van der Waals surface area (Å²) in [7, 11) is 0. The maximum absolute atomic E-state index is 9.25. The molecular weight excluding hydrogens is 258 g/mol. The van der Waals surface area contributed by atoms with Gasteiger partial charge >= 0.3 is 0 Å². The maximum atomic E-state index is 9.25. The van der Waals surface area contributed by atoms with E-state index in [0.717, 1.165) is 12.1 Å². The van der Waals surface area contributed by atoms with Gasteiger partial charge in [-0.05, 0) is 24.5 Å². The van der Waals surface area contributed by atoms with Gasteiger partial charge in [0.2, 0.25) is 0 Å². The molecular formula is C14H21N3OS. The predicted octanol–water partition coefficient (Wildman–Crippen LogP) is 1.45. The average molecular weight is 279 g/mol. The van der Waals surface area contributed by atoms with Crippen LogP contribution in [0.15, 0.2) is 18.3 Å². The van der Waals surface area contributed by atoms with Gasteiger partial charge in [0.25, 0.3) is 0 Å². The van der Waals surface area contributed by atoms with Crippen molar-refractivity contribution in [3.05, 3.63) is 29.6 Å². The first-order valence-electron chi connectivity index (χ1n) is 6.81. The molecule has 4 nitrogen and oxygen atoms in total. The summed E-state index contributed by atoms with van der Waals surface area (Å²) < 4.78 is 0. The highest BCUT2D eigenvalue weighted by molar-refractivity contribution is 7.80. The average Bonchev–Trinajstić information content (AvgIpc) is 2.92. The molecule has 0 bridgehead atoms. The number of rotatable bonds is 6. The number of aliphatic hydroxyl groups is 1. The molecule has 5 heteroatoms. The fraction of sp³-hybridized carbons (Fsp3) is 0.571. The van der Waals surface area contributed by atoms with E-state index in [1.54, 1.807) is 6.20 Å². The second-order valence-corrected chi connectivity index (χ2v) is 5.45. The fourth-order valence-corrected chi connectivity index (χ4v) is 2.98. The molecule has 0 atom stereocenters. The number of thiocarbonyl (C=S) groups is 1. The van der Waals surface area contributed by atoms with E-state index in [1.807, 2.05) is 12.1 Å². The Labute approximate surface area is 119 Å². The van der Waals surface area contributed by atoms with E-state index in [9.17, 15) is 5.11 Å². The Morgan fingerprint density at radius 2 is 2.21 bits per heavy atom. The van der Waals surface area contributed by atoms with E-state index in [-0.39, 0.29) is 6.61 Å². The van der Waals surface area contributed by atoms with Crippen molar-refractivity contribution >= 4 is 17.2 Å². The number of nitrogens with zero attached hydrogens (tertiary/aromatic N) is 2. The summed E-state index contributed by atoms with van der Waals surface area (Å²) in [4.78, 5) is 6.93. The zero-order valence-electron chi connectivity index (χ0n) is 11.1. The van der Waals surface area contributed by atoms with E-state index in [0.29, 0.717) is 23.3 Å². The molecule has 1 saturated carbocycles. The van der Waals surface area contributed by atoms with Gasteiger partial charge in [0.05, 0.1) is 6.61 Å². The molecule has 1 aromatic heterocycles. The predicted molar refractivity (Wildman–Crippen MR) is 79.9 cm³/mol. The molecule has 1 aliphatic carbocycles. The molecule has 2 rings (SSSR count). The van der Waals surface area contributed by atoms with Gasteiger partial charge in [-0.3, -0.25) is 9.88 Å². The Morgan fingerprint density at radius 3 is 2.84 bits per heavy atom. The second-order valence-electron chi connectivity index (χ2n) is 5.01. The molecule has 1 aromatic rings. The normalized spacial score (nSPS) is 16.1. The van der Waals surface area contributed by atoms with Crippen LogP contribution in [0.4, 0.5) is 0 Å². The number of hydrogen-bond donors (Lipinski definition) is 2.